The number of rotatable bonds is 14. The summed E-state index contributed by atoms with van der Waals surface area (Å²) >= 11 is 0. The van der Waals surface area contributed by atoms with Gasteiger partial charge in [-0.05, 0) is 104 Å². The monoisotopic (exact) mass is 915 g/mol. The maximum Gasteiger partial charge on any atom is 0.416 e. The second-order valence-electron chi connectivity index (χ2n) is 17.8. The van der Waals surface area contributed by atoms with Crippen LogP contribution in [-0.2, 0) is 16.2 Å². The Morgan fingerprint density at radius 3 is 2.46 bits per heavy atom. The molecule has 3 aliphatic rings. The number of amides is 1. The lowest BCUT2D eigenvalue weighted by Gasteiger charge is -2.39. The van der Waals surface area contributed by atoms with Crippen molar-refractivity contribution in [1.82, 2.24) is 24.5 Å². The molecule has 8 rings (SSSR count). The SMILES string of the molecule is CCN1CCC(COc2ccc(S(=O)(=O)NC(=O)c3ccc(N4CCN(CC5=C(c6ccc(C(F)(F)F)cc6)CC(C)(C)CC5)CC4)cc3Oc3cnc4[nH]ccc4c3)cc2[N+](=O)[O-])C1. The molecule has 2 aliphatic heterocycles. The molecule has 1 atom stereocenters. The standard InChI is InChI=1S/C47H52F3N7O7S/c1-4-54-18-15-31(28-54)30-63-42-12-10-38(25-41(42)57(59)60)65(61,62)53-45(58)39-11-9-36(24-43(39)64-37-23-33-14-17-51-44(33)52-27-37)56-21-19-55(20-22-56)29-34-13-16-46(2,3)26-40(34)32-5-7-35(8-6-32)47(48,49)50/h5-12,14,17,23-25,27,31H,4,13,15-16,18-22,26,28-30H2,1-3H3,(H,51,52)(H,53,58). The highest BCUT2D eigenvalue weighted by Crippen LogP contribution is 2.44. The highest BCUT2D eigenvalue weighted by molar-refractivity contribution is 7.90. The molecule has 0 radical (unpaired) electrons. The first-order chi connectivity index (χ1) is 30.9. The van der Waals surface area contributed by atoms with Gasteiger partial charge in [0.2, 0.25) is 0 Å². The number of aromatic nitrogens is 2. The Labute approximate surface area is 375 Å². The summed E-state index contributed by atoms with van der Waals surface area (Å²) in [5.41, 5.74) is 3.22. The van der Waals surface area contributed by atoms with Gasteiger partial charge in [-0.2, -0.15) is 13.2 Å². The number of halogens is 3. The molecule has 3 aromatic carbocycles. The Bertz CT molecular complexity index is 2710. The van der Waals surface area contributed by atoms with Crippen molar-refractivity contribution < 1.29 is 40.8 Å². The van der Waals surface area contributed by atoms with Crippen LogP contribution in [0.4, 0.5) is 24.5 Å². The number of nitro benzene ring substituents is 1. The Kier molecular flexibility index (Phi) is 13.0. The Hall–Kier alpha value is -5.98. The van der Waals surface area contributed by atoms with Crippen LogP contribution in [0.15, 0.2) is 95.7 Å². The third-order valence-corrected chi connectivity index (χ3v) is 14.0. The van der Waals surface area contributed by atoms with Crippen molar-refractivity contribution in [2.75, 3.05) is 63.9 Å². The summed E-state index contributed by atoms with van der Waals surface area (Å²) in [6.07, 6.45) is 2.29. The minimum absolute atomic E-state index is 0.0180. The number of pyridine rings is 1. The van der Waals surface area contributed by atoms with Gasteiger partial charge in [0.1, 0.15) is 17.1 Å². The summed E-state index contributed by atoms with van der Waals surface area (Å²) in [4.78, 5) is 39.0. The lowest BCUT2D eigenvalue weighted by molar-refractivity contribution is -0.386. The van der Waals surface area contributed by atoms with Gasteiger partial charge in [-0.3, -0.25) is 19.8 Å². The molecule has 1 aliphatic carbocycles. The number of carbonyl (C=O) groups is 1. The van der Waals surface area contributed by atoms with Gasteiger partial charge in [-0.15, -0.1) is 0 Å². The predicted octanol–water partition coefficient (Wildman–Crippen LogP) is 8.91. The molecule has 1 unspecified atom stereocenters. The summed E-state index contributed by atoms with van der Waals surface area (Å²) in [6.45, 7) is 12.6. The topological polar surface area (TPSA) is 163 Å². The number of ether oxygens (including phenoxy) is 2. The van der Waals surface area contributed by atoms with E-state index in [1.54, 1.807) is 36.5 Å². The first-order valence-electron chi connectivity index (χ1n) is 21.8. The minimum atomic E-state index is -4.62. The van der Waals surface area contributed by atoms with Crippen LogP contribution < -0.4 is 19.1 Å². The fourth-order valence-electron chi connectivity index (χ4n) is 8.90. The number of allylic oxidation sites excluding steroid dienone is 1. The van der Waals surface area contributed by atoms with E-state index in [2.05, 4.69) is 50.2 Å². The summed E-state index contributed by atoms with van der Waals surface area (Å²) in [6, 6.07) is 17.2. The molecule has 65 heavy (non-hydrogen) atoms. The number of benzene rings is 3. The van der Waals surface area contributed by atoms with Crippen LogP contribution in [-0.4, -0.2) is 98.0 Å². The Morgan fingerprint density at radius 1 is 0.985 bits per heavy atom. The van der Waals surface area contributed by atoms with Gasteiger partial charge in [0.05, 0.1) is 33.7 Å². The molecule has 14 nitrogen and oxygen atoms in total. The zero-order chi connectivity index (χ0) is 46.1. The molecule has 2 saturated heterocycles. The number of anilines is 1. The van der Waals surface area contributed by atoms with Crippen LogP contribution >= 0.6 is 0 Å². The van der Waals surface area contributed by atoms with E-state index in [0.717, 1.165) is 85.7 Å². The van der Waals surface area contributed by atoms with Crippen LogP contribution in [0.2, 0.25) is 0 Å². The largest absolute Gasteiger partial charge is 0.486 e. The molecule has 0 saturated carbocycles. The number of sulfonamides is 1. The zero-order valence-electron chi connectivity index (χ0n) is 36.5. The fourth-order valence-corrected chi connectivity index (χ4v) is 9.88. The maximum atomic E-state index is 13.9. The van der Waals surface area contributed by atoms with Crippen LogP contribution in [0.1, 0.15) is 67.9 Å². The molecule has 0 spiro atoms. The normalized spacial score (nSPS) is 18.6. The number of carbonyl (C=O) groups excluding carboxylic acids is 1. The first-order valence-corrected chi connectivity index (χ1v) is 23.2. The van der Waals surface area contributed by atoms with Crippen molar-refractivity contribution in [2.45, 2.75) is 57.5 Å². The number of H-pyrrole nitrogens is 1. The molecule has 2 N–H and O–H groups in total. The number of nitrogens with one attached hydrogen (secondary N) is 2. The second kappa shape index (κ2) is 18.5. The quantitative estimate of drug-likeness (QED) is 0.0808. The smallest absolute Gasteiger partial charge is 0.416 e. The average molecular weight is 916 g/mol. The molecule has 2 fully saturated rings. The van der Waals surface area contributed by atoms with E-state index in [1.165, 1.54) is 30.0 Å². The Morgan fingerprint density at radius 2 is 1.75 bits per heavy atom. The third kappa shape index (κ3) is 10.6. The van der Waals surface area contributed by atoms with Crippen molar-refractivity contribution in [2.24, 2.45) is 11.3 Å². The van der Waals surface area contributed by atoms with E-state index in [-0.39, 0.29) is 35.0 Å². The van der Waals surface area contributed by atoms with E-state index >= 15 is 0 Å². The van der Waals surface area contributed by atoms with E-state index in [4.69, 9.17) is 9.47 Å². The highest BCUT2D eigenvalue weighted by Gasteiger charge is 2.33. The molecule has 1 amide bonds. The van der Waals surface area contributed by atoms with Crippen molar-refractivity contribution >= 4 is 43.9 Å². The second-order valence-corrected chi connectivity index (χ2v) is 19.5. The van der Waals surface area contributed by atoms with Crippen LogP contribution in [0.3, 0.4) is 0 Å². The number of likely N-dealkylation sites (tertiary alicyclic amines) is 1. The maximum absolute atomic E-state index is 13.9. The number of alkyl halides is 3. The van der Waals surface area contributed by atoms with E-state index in [0.29, 0.717) is 44.1 Å². The van der Waals surface area contributed by atoms with Gasteiger partial charge in [-0.25, -0.2) is 18.1 Å². The molecule has 18 heteroatoms. The van der Waals surface area contributed by atoms with E-state index in [9.17, 15) is 36.5 Å². The van der Waals surface area contributed by atoms with Crippen LogP contribution in [0.25, 0.3) is 16.6 Å². The molecule has 2 aromatic heterocycles. The van der Waals surface area contributed by atoms with Crippen molar-refractivity contribution in [3.63, 3.8) is 0 Å². The van der Waals surface area contributed by atoms with Gasteiger partial charge in [0.15, 0.2) is 5.75 Å². The molecule has 344 valence electrons. The molecule has 0 bridgehead atoms. The summed E-state index contributed by atoms with van der Waals surface area (Å²) in [5.74, 6) is -0.524. The number of hydrogen-bond acceptors (Lipinski definition) is 11. The lowest BCUT2D eigenvalue weighted by atomic mass is 9.72. The van der Waals surface area contributed by atoms with Gasteiger partial charge in [-0.1, -0.05) is 38.5 Å². The number of piperazine rings is 1. The fraction of sp³-hybridized carbons (Fsp3) is 0.404. The number of nitro groups is 1. The number of nitrogens with zero attached hydrogens (tertiary/aromatic N) is 5. The van der Waals surface area contributed by atoms with Crippen molar-refractivity contribution in [1.29, 1.82) is 0 Å². The third-order valence-electron chi connectivity index (χ3n) is 12.7. The van der Waals surface area contributed by atoms with Gasteiger partial charge < -0.3 is 24.3 Å². The van der Waals surface area contributed by atoms with E-state index in [1.807, 2.05) is 6.07 Å². The highest BCUT2D eigenvalue weighted by atomic mass is 32.2. The van der Waals surface area contributed by atoms with Gasteiger partial charge >= 0.3 is 11.9 Å². The van der Waals surface area contributed by atoms with Gasteiger partial charge in [0, 0.05) is 74.6 Å². The average Bonchev–Trinajstić information content (AvgIpc) is 3.95. The molecule has 5 aromatic rings. The zero-order valence-corrected chi connectivity index (χ0v) is 37.3. The van der Waals surface area contributed by atoms with Crippen molar-refractivity contribution in [3.05, 3.63) is 118 Å². The Balaban J connectivity index is 0.995. The number of fused-ring (bicyclic) bond motifs is 1. The van der Waals surface area contributed by atoms with Crippen LogP contribution in [0.5, 0.6) is 17.2 Å². The predicted molar refractivity (Wildman–Crippen MR) is 241 cm³/mol. The van der Waals surface area contributed by atoms with Gasteiger partial charge in [0.25, 0.3) is 15.9 Å². The summed E-state index contributed by atoms with van der Waals surface area (Å²) in [7, 11) is -4.62. The summed E-state index contributed by atoms with van der Waals surface area (Å²) in [5, 5.41) is 12.8. The van der Waals surface area contributed by atoms with Crippen LogP contribution in [0, 0.1) is 21.4 Å². The van der Waals surface area contributed by atoms with Crippen molar-refractivity contribution in [3.8, 4) is 17.2 Å². The minimum Gasteiger partial charge on any atom is -0.486 e. The number of hydrogen-bond donors (Lipinski definition) is 2. The molecular weight excluding hydrogens is 864 g/mol. The molecular formula is C47H52F3N7O7S. The van der Waals surface area contributed by atoms with E-state index < -0.39 is 43.2 Å². The summed E-state index contributed by atoms with van der Waals surface area (Å²) < 4.78 is 81.7. The number of aromatic amines is 1. The first kappa shape index (κ1) is 45.6. The molecule has 4 heterocycles. The lowest BCUT2D eigenvalue weighted by Crippen LogP contribution is -2.47.